The largest absolute Gasteiger partial charge is 0.343 e. The summed E-state index contributed by atoms with van der Waals surface area (Å²) in [5.74, 6) is 0.747. The summed E-state index contributed by atoms with van der Waals surface area (Å²) in [5.41, 5.74) is 5.31. The second kappa shape index (κ2) is 7.87. The first-order chi connectivity index (χ1) is 13.9. The summed E-state index contributed by atoms with van der Waals surface area (Å²) < 4.78 is 0. The Morgan fingerprint density at radius 3 is 2.45 bits per heavy atom. The summed E-state index contributed by atoms with van der Waals surface area (Å²) in [6.45, 7) is 7.62. The number of anilines is 1. The van der Waals surface area contributed by atoms with E-state index in [0.717, 1.165) is 48.0 Å². The molecule has 1 fully saturated rings. The maximum Gasteiger partial charge on any atom is 0.225 e. The zero-order chi connectivity index (χ0) is 20.4. The van der Waals surface area contributed by atoms with Gasteiger partial charge in [0.05, 0.1) is 5.69 Å². The van der Waals surface area contributed by atoms with Gasteiger partial charge in [0.2, 0.25) is 5.95 Å². The van der Waals surface area contributed by atoms with Gasteiger partial charge in [0.25, 0.3) is 0 Å². The number of likely N-dealkylation sites (tertiary alicyclic amines) is 1. The van der Waals surface area contributed by atoms with Gasteiger partial charge in [-0.2, -0.15) is 0 Å². The second-order valence-electron chi connectivity index (χ2n) is 8.58. The molecule has 3 heterocycles. The van der Waals surface area contributed by atoms with Gasteiger partial charge in [-0.15, -0.1) is 0 Å². The minimum Gasteiger partial charge on any atom is -0.343 e. The first-order valence-electron chi connectivity index (χ1n) is 10.0. The lowest BCUT2D eigenvalue weighted by atomic mass is 9.89. The summed E-state index contributed by atoms with van der Waals surface area (Å²) in [6.07, 6.45) is 8.25. The molecule has 0 aliphatic carbocycles. The van der Waals surface area contributed by atoms with Crippen molar-refractivity contribution in [1.82, 2.24) is 24.8 Å². The summed E-state index contributed by atoms with van der Waals surface area (Å²) in [6, 6.07) is 8.45. The number of rotatable bonds is 5. The van der Waals surface area contributed by atoms with Crippen molar-refractivity contribution in [2.45, 2.75) is 20.3 Å². The Morgan fingerprint density at radius 2 is 1.79 bits per heavy atom. The van der Waals surface area contributed by atoms with E-state index in [1.54, 1.807) is 0 Å². The van der Waals surface area contributed by atoms with E-state index in [2.05, 4.69) is 72.0 Å². The molecule has 2 aromatic heterocycles. The van der Waals surface area contributed by atoms with Crippen LogP contribution in [0.2, 0.25) is 0 Å². The first kappa shape index (κ1) is 19.5. The zero-order valence-corrected chi connectivity index (χ0v) is 17.6. The van der Waals surface area contributed by atoms with Gasteiger partial charge in [-0.1, -0.05) is 36.8 Å². The van der Waals surface area contributed by atoms with Gasteiger partial charge in [-0.25, -0.2) is 19.9 Å². The van der Waals surface area contributed by atoms with Crippen molar-refractivity contribution in [2.75, 3.05) is 38.6 Å². The van der Waals surface area contributed by atoms with Crippen LogP contribution in [0.15, 0.2) is 49.2 Å². The van der Waals surface area contributed by atoms with Crippen molar-refractivity contribution in [3.63, 3.8) is 0 Å². The first-order valence-corrected chi connectivity index (χ1v) is 10.0. The van der Waals surface area contributed by atoms with Crippen LogP contribution in [-0.2, 0) is 0 Å². The maximum atomic E-state index is 4.99. The van der Waals surface area contributed by atoms with Crippen LogP contribution in [0, 0.1) is 12.3 Å². The third-order valence-electron chi connectivity index (χ3n) is 5.68. The fraction of sp³-hybridized carbons (Fsp3) is 0.391. The zero-order valence-electron chi connectivity index (χ0n) is 17.6. The van der Waals surface area contributed by atoms with E-state index >= 15 is 0 Å². The third-order valence-corrected chi connectivity index (χ3v) is 5.68. The highest BCUT2D eigenvalue weighted by Gasteiger charge is 2.33. The summed E-state index contributed by atoms with van der Waals surface area (Å²) >= 11 is 0. The van der Waals surface area contributed by atoms with E-state index < -0.39 is 0 Å². The second-order valence-corrected chi connectivity index (χ2v) is 8.58. The van der Waals surface area contributed by atoms with E-state index in [9.17, 15) is 0 Å². The van der Waals surface area contributed by atoms with E-state index in [-0.39, 0.29) is 5.41 Å². The van der Waals surface area contributed by atoms with Crippen LogP contribution < -0.4 is 4.90 Å². The topological polar surface area (TPSA) is 58.0 Å². The number of benzene rings is 1. The molecule has 6 nitrogen and oxygen atoms in total. The lowest BCUT2D eigenvalue weighted by Crippen LogP contribution is -2.36. The SMILES string of the molecule is Cc1ccc(-c2nc(N(C)CC3(C)CCN(C)C3)ncc2-c2cncnc2)cc1. The Bertz CT molecular complexity index is 972. The molecule has 0 spiro atoms. The Hall–Kier alpha value is -2.86. The maximum absolute atomic E-state index is 4.99. The van der Waals surface area contributed by atoms with Crippen molar-refractivity contribution in [3.8, 4) is 22.4 Å². The highest BCUT2D eigenvalue weighted by atomic mass is 15.2. The standard InChI is InChI=1S/C23H28N6/c1-17-5-7-18(8-6-17)21-20(19-11-24-16-25-12-19)13-26-22(27-21)29(4)15-23(2)9-10-28(3)14-23/h5-8,11-13,16H,9-10,14-15H2,1-4H3. The molecule has 0 saturated carbocycles. The smallest absolute Gasteiger partial charge is 0.225 e. The molecule has 0 amide bonds. The summed E-state index contributed by atoms with van der Waals surface area (Å²) in [7, 11) is 4.27. The molecule has 150 valence electrons. The molecule has 1 aromatic carbocycles. The molecule has 0 N–H and O–H groups in total. The minimum absolute atomic E-state index is 0.253. The average molecular weight is 389 g/mol. The van der Waals surface area contributed by atoms with Gasteiger partial charge >= 0.3 is 0 Å². The minimum atomic E-state index is 0.253. The van der Waals surface area contributed by atoms with Crippen LogP contribution in [0.5, 0.6) is 0 Å². The fourth-order valence-corrected chi connectivity index (χ4v) is 4.18. The molecule has 1 unspecified atom stereocenters. The molecule has 1 saturated heterocycles. The quantitative estimate of drug-likeness (QED) is 0.664. The van der Waals surface area contributed by atoms with Gasteiger partial charge in [0.1, 0.15) is 6.33 Å². The van der Waals surface area contributed by atoms with Gasteiger partial charge in [0, 0.05) is 55.4 Å². The number of nitrogens with zero attached hydrogens (tertiary/aromatic N) is 6. The van der Waals surface area contributed by atoms with Crippen LogP contribution in [0.25, 0.3) is 22.4 Å². The third kappa shape index (κ3) is 4.27. The highest BCUT2D eigenvalue weighted by Crippen LogP contribution is 2.33. The average Bonchev–Trinajstić information content (AvgIpc) is 3.07. The number of aryl methyl sites for hydroxylation is 1. The van der Waals surface area contributed by atoms with Crippen molar-refractivity contribution in [3.05, 3.63) is 54.7 Å². The number of hydrogen-bond acceptors (Lipinski definition) is 6. The molecule has 1 aliphatic heterocycles. The number of hydrogen-bond donors (Lipinski definition) is 0. The lowest BCUT2D eigenvalue weighted by molar-refractivity contribution is 0.314. The Morgan fingerprint density at radius 1 is 1.07 bits per heavy atom. The lowest BCUT2D eigenvalue weighted by Gasteiger charge is -2.30. The molecule has 1 aliphatic rings. The van der Waals surface area contributed by atoms with Crippen molar-refractivity contribution in [2.24, 2.45) is 5.41 Å². The summed E-state index contributed by atoms with van der Waals surface area (Å²) in [5, 5.41) is 0. The molecule has 0 radical (unpaired) electrons. The van der Waals surface area contributed by atoms with Crippen LogP contribution >= 0.6 is 0 Å². The van der Waals surface area contributed by atoms with Crippen molar-refractivity contribution in [1.29, 1.82) is 0 Å². The van der Waals surface area contributed by atoms with Crippen molar-refractivity contribution < 1.29 is 0 Å². The van der Waals surface area contributed by atoms with Gasteiger partial charge in [0.15, 0.2) is 0 Å². The van der Waals surface area contributed by atoms with Gasteiger partial charge in [-0.3, -0.25) is 0 Å². The van der Waals surface area contributed by atoms with Crippen LogP contribution in [-0.4, -0.2) is 58.6 Å². The molecule has 29 heavy (non-hydrogen) atoms. The molecular formula is C23H28N6. The normalized spacial score (nSPS) is 19.4. The van der Waals surface area contributed by atoms with Gasteiger partial charge in [-0.05, 0) is 32.4 Å². The molecule has 3 aromatic rings. The van der Waals surface area contributed by atoms with Gasteiger partial charge < -0.3 is 9.80 Å². The Labute approximate surface area is 172 Å². The van der Waals surface area contributed by atoms with Crippen molar-refractivity contribution >= 4 is 5.95 Å². The molecule has 6 heteroatoms. The summed E-state index contributed by atoms with van der Waals surface area (Å²) in [4.78, 5) is 22.6. The highest BCUT2D eigenvalue weighted by molar-refractivity contribution is 5.80. The number of aromatic nitrogens is 4. The van der Waals surface area contributed by atoms with E-state index in [4.69, 9.17) is 9.97 Å². The Kier molecular flexibility index (Phi) is 5.28. The predicted octanol–water partition coefficient (Wildman–Crippen LogP) is 3.69. The van der Waals surface area contributed by atoms with E-state index in [0.29, 0.717) is 0 Å². The predicted molar refractivity (Wildman–Crippen MR) is 117 cm³/mol. The molecule has 1 atom stereocenters. The molecular weight excluding hydrogens is 360 g/mol. The van der Waals surface area contributed by atoms with E-state index in [1.165, 1.54) is 18.3 Å². The van der Waals surface area contributed by atoms with Crippen LogP contribution in [0.4, 0.5) is 5.95 Å². The fourth-order valence-electron chi connectivity index (χ4n) is 4.18. The monoisotopic (exact) mass is 388 g/mol. The van der Waals surface area contributed by atoms with E-state index in [1.807, 2.05) is 18.6 Å². The van der Waals surface area contributed by atoms with Crippen LogP contribution in [0.3, 0.4) is 0 Å². The Balaban J connectivity index is 1.71. The molecule has 4 rings (SSSR count). The van der Waals surface area contributed by atoms with Crippen LogP contribution in [0.1, 0.15) is 18.9 Å². The molecule has 0 bridgehead atoms.